The summed E-state index contributed by atoms with van der Waals surface area (Å²) in [6, 6.07) is 13.3. The molecule has 7 heteroatoms. The van der Waals surface area contributed by atoms with Crippen LogP contribution in [0.5, 0.6) is 0 Å². The maximum Gasteiger partial charge on any atom is 0.338 e. The van der Waals surface area contributed by atoms with Crippen molar-refractivity contribution in [1.82, 2.24) is 0 Å². The van der Waals surface area contributed by atoms with E-state index in [1.807, 2.05) is 57.2 Å². The van der Waals surface area contributed by atoms with Gasteiger partial charge in [-0.25, -0.2) is 4.79 Å². The molecular weight excluding hydrogens is 412 g/mol. The van der Waals surface area contributed by atoms with Crippen LogP contribution < -0.4 is 0 Å². The van der Waals surface area contributed by atoms with E-state index >= 15 is 0 Å². The summed E-state index contributed by atoms with van der Waals surface area (Å²) in [6.45, 7) is 8.41. The van der Waals surface area contributed by atoms with Crippen LogP contribution in [0.1, 0.15) is 37.6 Å². The molecule has 32 heavy (non-hydrogen) atoms. The summed E-state index contributed by atoms with van der Waals surface area (Å²) in [7, 11) is 0. The lowest BCUT2D eigenvalue weighted by Gasteiger charge is -2.20. The third-order valence-corrected chi connectivity index (χ3v) is 5.09. The molecule has 0 aliphatic heterocycles. The van der Waals surface area contributed by atoms with Gasteiger partial charge in [0, 0.05) is 0 Å². The number of carbonyl (C=O) groups is 2. The van der Waals surface area contributed by atoms with E-state index in [0.717, 1.165) is 17.2 Å². The molecule has 0 atom stereocenters. The first-order valence-electron chi connectivity index (χ1n) is 11.0. The highest BCUT2D eigenvalue weighted by Crippen LogP contribution is 2.21. The van der Waals surface area contributed by atoms with Gasteiger partial charge in [0.1, 0.15) is 13.2 Å². The molecule has 2 aromatic rings. The van der Waals surface area contributed by atoms with Gasteiger partial charge in [0.05, 0.1) is 50.6 Å². The second-order valence-electron chi connectivity index (χ2n) is 7.91. The second kappa shape index (κ2) is 13.8. The number of benzene rings is 2. The van der Waals surface area contributed by atoms with Gasteiger partial charge in [0.25, 0.3) is 0 Å². The Hall–Kier alpha value is -2.48. The molecule has 0 fully saturated rings. The minimum atomic E-state index is -0.460. The van der Waals surface area contributed by atoms with E-state index in [1.54, 1.807) is 6.07 Å². The number of hydrogen-bond acceptors (Lipinski definition) is 7. The number of hydrogen-bond donors (Lipinski definition) is 0. The van der Waals surface area contributed by atoms with Crippen LogP contribution in [-0.2, 0) is 28.5 Å². The lowest BCUT2D eigenvalue weighted by Crippen LogP contribution is -2.27. The predicted octanol–water partition coefficient (Wildman–Crippen LogP) is 4.03. The Morgan fingerprint density at radius 1 is 0.719 bits per heavy atom. The largest absolute Gasteiger partial charge is 0.463 e. The van der Waals surface area contributed by atoms with E-state index < -0.39 is 5.41 Å². The summed E-state index contributed by atoms with van der Waals surface area (Å²) in [4.78, 5) is 23.9. The summed E-state index contributed by atoms with van der Waals surface area (Å²) in [5, 5.41) is 2.08. The van der Waals surface area contributed by atoms with Crippen LogP contribution in [0.2, 0.25) is 0 Å². The molecule has 2 rings (SSSR count). The van der Waals surface area contributed by atoms with Crippen LogP contribution in [0.3, 0.4) is 0 Å². The second-order valence-corrected chi connectivity index (χ2v) is 7.91. The van der Waals surface area contributed by atoms with Crippen molar-refractivity contribution in [2.75, 3.05) is 52.9 Å². The Labute approximate surface area is 189 Å². The van der Waals surface area contributed by atoms with Crippen LogP contribution in [0.15, 0.2) is 42.5 Å². The van der Waals surface area contributed by atoms with Crippen LogP contribution in [0.4, 0.5) is 0 Å². The zero-order valence-corrected chi connectivity index (χ0v) is 19.3. The van der Waals surface area contributed by atoms with Crippen molar-refractivity contribution in [2.24, 2.45) is 5.41 Å². The van der Waals surface area contributed by atoms with Crippen molar-refractivity contribution in [1.29, 1.82) is 0 Å². The van der Waals surface area contributed by atoms with Gasteiger partial charge in [-0.2, -0.15) is 0 Å². The molecule has 0 N–H and O–H groups in total. The van der Waals surface area contributed by atoms with Gasteiger partial charge < -0.3 is 23.7 Å². The van der Waals surface area contributed by atoms with Gasteiger partial charge in [-0.05, 0) is 43.2 Å². The smallest absolute Gasteiger partial charge is 0.338 e. The first kappa shape index (κ1) is 25.8. The number of carbonyl (C=O) groups excluding carboxylic acids is 2. The van der Waals surface area contributed by atoms with E-state index in [2.05, 4.69) is 0 Å². The maximum absolute atomic E-state index is 12.1. The highest BCUT2D eigenvalue weighted by atomic mass is 16.6. The summed E-state index contributed by atoms with van der Waals surface area (Å²) >= 11 is 0. The Morgan fingerprint density at radius 3 is 1.84 bits per heavy atom. The molecule has 0 amide bonds. The van der Waals surface area contributed by atoms with Crippen LogP contribution in [0.25, 0.3) is 10.8 Å². The Bertz CT molecular complexity index is 847. The van der Waals surface area contributed by atoms with Crippen molar-refractivity contribution in [3.8, 4) is 0 Å². The van der Waals surface area contributed by atoms with E-state index in [9.17, 15) is 9.59 Å². The summed E-state index contributed by atoms with van der Waals surface area (Å²) in [5.41, 5.74) is 0.0635. The molecule has 0 saturated heterocycles. The average molecular weight is 447 g/mol. The number of rotatable bonds is 15. The first-order valence-corrected chi connectivity index (χ1v) is 11.0. The van der Waals surface area contributed by atoms with Gasteiger partial charge in [-0.3, -0.25) is 4.79 Å². The van der Waals surface area contributed by atoms with Gasteiger partial charge in [-0.1, -0.05) is 37.3 Å². The van der Waals surface area contributed by atoms with Crippen molar-refractivity contribution >= 4 is 22.7 Å². The van der Waals surface area contributed by atoms with Gasteiger partial charge in [-0.15, -0.1) is 0 Å². The van der Waals surface area contributed by atoms with Crippen LogP contribution in [0, 0.1) is 5.41 Å². The van der Waals surface area contributed by atoms with E-state index in [0.29, 0.717) is 45.2 Å². The van der Waals surface area contributed by atoms with Crippen molar-refractivity contribution in [3.05, 3.63) is 48.0 Å². The normalized spacial score (nSPS) is 11.5. The molecule has 0 bridgehead atoms. The molecular formula is C25H34O7. The highest BCUT2D eigenvalue weighted by molar-refractivity contribution is 5.95. The summed E-state index contributed by atoms with van der Waals surface area (Å²) in [5.74, 6) is -0.573. The highest BCUT2D eigenvalue weighted by Gasteiger charge is 2.26. The summed E-state index contributed by atoms with van der Waals surface area (Å²) in [6.07, 6.45) is 0.732. The predicted molar refractivity (Wildman–Crippen MR) is 122 cm³/mol. The van der Waals surface area contributed by atoms with Crippen LogP contribution in [-0.4, -0.2) is 64.8 Å². The minimum absolute atomic E-state index is 0.183. The molecule has 0 aromatic heterocycles. The topological polar surface area (TPSA) is 80.3 Å². The number of ether oxygens (including phenoxy) is 5. The fourth-order valence-electron chi connectivity index (χ4n) is 2.67. The number of esters is 2. The third kappa shape index (κ3) is 8.94. The van der Waals surface area contributed by atoms with Gasteiger partial charge in [0.2, 0.25) is 0 Å². The fourth-order valence-corrected chi connectivity index (χ4v) is 2.67. The molecule has 0 radical (unpaired) electrons. The standard InChI is InChI=1S/C25H34O7/c1-4-25(2,3)24(27)32-18-16-30-14-12-28-11-13-29-15-17-31-23(26)22-10-9-20-7-5-6-8-21(20)19-22/h5-10,19H,4,11-18H2,1-3H3. The Morgan fingerprint density at radius 2 is 1.25 bits per heavy atom. The number of fused-ring (bicyclic) bond motifs is 1. The molecule has 0 saturated carbocycles. The lowest BCUT2D eigenvalue weighted by molar-refractivity contribution is -0.155. The molecule has 0 unspecified atom stereocenters. The molecule has 7 nitrogen and oxygen atoms in total. The van der Waals surface area contributed by atoms with Crippen LogP contribution >= 0.6 is 0 Å². The van der Waals surface area contributed by atoms with Crippen molar-refractivity contribution < 1.29 is 33.3 Å². The minimum Gasteiger partial charge on any atom is -0.463 e. The van der Waals surface area contributed by atoms with Crippen molar-refractivity contribution in [2.45, 2.75) is 27.2 Å². The fraction of sp³-hybridized carbons (Fsp3) is 0.520. The van der Waals surface area contributed by atoms with E-state index in [1.165, 1.54) is 0 Å². The van der Waals surface area contributed by atoms with E-state index in [-0.39, 0.29) is 25.2 Å². The van der Waals surface area contributed by atoms with Crippen molar-refractivity contribution in [3.63, 3.8) is 0 Å². The molecule has 0 aliphatic carbocycles. The van der Waals surface area contributed by atoms with Gasteiger partial charge >= 0.3 is 11.9 Å². The SMILES string of the molecule is CCC(C)(C)C(=O)OCCOCCOCCOCCOC(=O)c1ccc2ccccc2c1. The Balaban J connectivity index is 1.42. The Kier molecular flexibility index (Phi) is 11.1. The zero-order valence-electron chi connectivity index (χ0n) is 19.3. The van der Waals surface area contributed by atoms with Gasteiger partial charge in [0.15, 0.2) is 0 Å². The molecule has 176 valence electrons. The lowest BCUT2D eigenvalue weighted by atomic mass is 9.91. The molecule has 0 aliphatic rings. The third-order valence-electron chi connectivity index (χ3n) is 5.09. The summed E-state index contributed by atoms with van der Waals surface area (Å²) < 4.78 is 26.6. The van der Waals surface area contributed by atoms with E-state index in [4.69, 9.17) is 23.7 Å². The monoisotopic (exact) mass is 446 g/mol. The molecule has 0 spiro atoms. The quantitative estimate of drug-likeness (QED) is 0.302. The first-order chi connectivity index (χ1) is 15.4. The molecule has 2 aromatic carbocycles. The molecule has 0 heterocycles. The maximum atomic E-state index is 12.1. The average Bonchev–Trinajstić information content (AvgIpc) is 2.81. The zero-order chi connectivity index (χ0) is 23.2.